The zero-order valence-corrected chi connectivity index (χ0v) is 17.6. The zero-order chi connectivity index (χ0) is 20.9. The Morgan fingerprint density at radius 1 is 1.00 bits per heavy atom. The molecule has 7 nitrogen and oxygen atoms in total. The van der Waals surface area contributed by atoms with E-state index in [1.54, 1.807) is 0 Å². The standard InChI is InChI=1S/C23H28N6O/c1-18(30)24-16-23-26-25-22-12-13-28(14-15-29(22)23)17-19-8-10-21(11-9-19)27(2)20-6-4-3-5-7-20/h3-11H,12-17H2,1-2H3,(H,24,30). The van der Waals surface area contributed by atoms with Crippen LogP contribution in [0, 0.1) is 0 Å². The molecule has 0 unspecified atom stereocenters. The molecule has 0 aliphatic carbocycles. The summed E-state index contributed by atoms with van der Waals surface area (Å²) in [4.78, 5) is 15.8. The van der Waals surface area contributed by atoms with Crippen LogP contribution in [0.2, 0.25) is 0 Å². The van der Waals surface area contributed by atoms with Gasteiger partial charge in [0.2, 0.25) is 5.91 Å². The number of nitrogens with zero attached hydrogens (tertiary/aromatic N) is 5. The van der Waals surface area contributed by atoms with Gasteiger partial charge in [-0.25, -0.2) is 0 Å². The number of carbonyl (C=O) groups is 1. The lowest BCUT2D eigenvalue weighted by Crippen LogP contribution is -2.27. The number of hydrogen-bond acceptors (Lipinski definition) is 5. The minimum atomic E-state index is -0.0519. The van der Waals surface area contributed by atoms with Gasteiger partial charge in [-0.2, -0.15) is 0 Å². The molecule has 1 aliphatic heterocycles. The van der Waals surface area contributed by atoms with Crippen LogP contribution < -0.4 is 10.2 Å². The van der Waals surface area contributed by atoms with Gasteiger partial charge in [0.15, 0.2) is 5.82 Å². The number of benzene rings is 2. The highest BCUT2D eigenvalue weighted by Gasteiger charge is 2.19. The van der Waals surface area contributed by atoms with Crippen molar-refractivity contribution < 1.29 is 4.79 Å². The minimum Gasteiger partial charge on any atom is -0.349 e. The monoisotopic (exact) mass is 404 g/mol. The summed E-state index contributed by atoms with van der Waals surface area (Å²) in [6.45, 7) is 5.58. The predicted octanol–water partition coefficient (Wildman–Crippen LogP) is 2.74. The molecule has 0 atom stereocenters. The molecule has 2 aromatic carbocycles. The number of para-hydroxylation sites is 1. The summed E-state index contributed by atoms with van der Waals surface area (Å²) in [5, 5.41) is 11.4. The van der Waals surface area contributed by atoms with E-state index in [-0.39, 0.29) is 5.91 Å². The average Bonchev–Trinajstić information content (AvgIpc) is 3.05. The van der Waals surface area contributed by atoms with E-state index in [1.165, 1.54) is 23.9 Å². The maximum Gasteiger partial charge on any atom is 0.217 e. The minimum absolute atomic E-state index is 0.0519. The topological polar surface area (TPSA) is 66.3 Å². The molecular formula is C23H28N6O. The third-order valence-electron chi connectivity index (χ3n) is 5.56. The molecule has 30 heavy (non-hydrogen) atoms. The lowest BCUT2D eigenvalue weighted by molar-refractivity contribution is -0.119. The molecule has 1 aromatic heterocycles. The van der Waals surface area contributed by atoms with Crippen LogP contribution in [0.15, 0.2) is 54.6 Å². The number of fused-ring (bicyclic) bond motifs is 1. The normalized spacial score (nSPS) is 14.1. The smallest absolute Gasteiger partial charge is 0.217 e. The Balaban J connectivity index is 1.36. The molecular weight excluding hydrogens is 376 g/mol. The van der Waals surface area contributed by atoms with Crippen molar-refractivity contribution in [3.05, 3.63) is 71.8 Å². The van der Waals surface area contributed by atoms with E-state index in [9.17, 15) is 4.79 Å². The number of rotatable bonds is 6. The molecule has 0 spiro atoms. The van der Waals surface area contributed by atoms with Gasteiger partial charge in [0.05, 0.1) is 6.54 Å². The van der Waals surface area contributed by atoms with Crippen molar-refractivity contribution in [2.45, 2.75) is 33.0 Å². The fraction of sp³-hybridized carbons (Fsp3) is 0.348. The second-order valence-electron chi connectivity index (χ2n) is 7.68. The second kappa shape index (κ2) is 9.09. The lowest BCUT2D eigenvalue weighted by Gasteiger charge is -2.22. The number of anilines is 2. The highest BCUT2D eigenvalue weighted by Crippen LogP contribution is 2.23. The van der Waals surface area contributed by atoms with E-state index in [0.29, 0.717) is 6.54 Å². The molecule has 0 saturated carbocycles. The fourth-order valence-electron chi connectivity index (χ4n) is 3.80. The van der Waals surface area contributed by atoms with E-state index < -0.39 is 0 Å². The molecule has 4 rings (SSSR count). The molecule has 2 heterocycles. The Morgan fingerprint density at radius 2 is 1.73 bits per heavy atom. The maximum absolute atomic E-state index is 11.2. The maximum atomic E-state index is 11.2. The van der Waals surface area contributed by atoms with Crippen LogP contribution >= 0.6 is 0 Å². The van der Waals surface area contributed by atoms with E-state index in [0.717, 1.165) is 44.2 Å². The number of hydrogen-bond donors (Lipinski definition) is 1. The first-order chi connectivity index (χ1) is 14.6. The molecule has 1 amide bonds. The SMILES string of the molecule is CC(=O)NCc1nnc2n1CCN(Cc1ccc(N(C)c3ccccc3)cc1)CC2. The fourth-order valence-corrected chi connectivity index (χ4v) is 3.80. The molecule has 3 aromatic rings. The Kier molecular flexibility index (Phi) is 6.09. The molecule has 0 fully saturated rings. The van der Waals surface area contributed by atoms with Crippen molar-refractivity contribution in [2.24, 2.45) is 0 Å². The Bertz CT molecular complexity index is 983. The van der Waals surface area contributed by atoms with Crippen molar-refractivity contribution in [3.8, 4) is 0 Å². The van der Waals surface area contributed by atoms with Crippen molar-refractivity contribution in [1.82, 2.24) is 25.0 Å². The Morgan fingerprint density at radius 3 is 2.47 bits per heavy atom. The van der Waals surface area contributed by atoms with Gasteiger partial charge >= 0.3 is 0 Å². The molecule has 7 heteroatoms. The lowest BCUT2D eigenvalue weighted by atomic mass is 10.1. The third kappa shape index (κ3) is 4.68. The van der Waals surface area contributed by atoms with E-state index >= 15 is 0 Å². The van der Waals surface area contributed by atoms with Crippen LogP contribution in [0.1, 0.15) is 24.1 Å². The van der Waals surface area contributed by atoms with Crippen molar-refractivity contribution in [2.75, 3.05) is 25.0 Å². The summed E-state index contributed by atoms with van der Waals surface area (Å²) in [5.41, 5.74) is 3.65. The van der Waals surface area contributed by atoms with Gasteiger partial charge in [0.1, 0.15) is 5.82 Å². The van der Waals surface area contributed by atoms with Crippen molar-refractivity contribution >= 4 is 17.3 Å². The predicted molar refractivity (Wildman–Crippen MR) is 117 cm³/mol. The average molecular weight is 405 g/mol. The summed E-state index contributed by atoms with van der Waals surface area (Å²) in [5.74, 6) is 1.77. The van der Waals surface area contributed by atoms with Crippen LogP contribution in [-0.2, 0) is 30.8 Å². The molecule has 156 valence electrons. The first kappa shape index (κ1) is 20.1. The van der Waals surface area contributed by atoms with Gasteiger partial charge in [-0.15, -0.1) is 10.2 Å². The van der Waals surface area contributed by atoms with Crippen LogP contribution in [0.25, 0.3) is 0 Å². The third-order valence-corrected chi connectivity index (χ3v) is 5.56. The first-order valence-corrected chi connectivity index (χ1v) is 10.4. The molecule has 0 bridgehead atoms. The van der Waals surface area contributed by atoms with Gasteiger partial charge in [0, 0.05) is 57.9 Å². The van der Waals surface area contributed by atoms with Crippen molar-refractivity contribution in [3.63, 3.8) is 0 Å². The molecule has 1 N–H and O–H groups in total. The zero-order valence-electron chi connectivity index (χ0n) is 17.6. The first-order valence-electron chi connectivity index (χ1n) is 10.4. The van der Waals surface area contributed by atoms with Crippen LogP contribution in [0.3, 0.4) is 0 Å². The quantitative estimate of drug-likeness (QED) is 0.684. The largest absolute Gasteiger partial charge is 0.349 e. The number of amides is 1. The Hall–Kier alpha value is -3.19. The van der Waals surface area contributed by atoms with Gasteiger partial charge in [-0.3, -0.25) is 9.69 Å². The number of nitrogens with one attached hydrogen (secondary N) is 1. The van der Waals surface area contributed by atoms with Crippen LogP contribution in [-0.4, -0.2) is 45.7 Å². The summed E-state index contributed by atoms with van der Waals surface area (Å²) in [6.07, 6.45) is 0.863. The van der Waals surface area contributed by atoms with Crippen LogP contribution in [0.4, 0.5) is 11.4 Å². The van der Waals surface area contributed by atoms with E-state index in [1.807, 2.05) is 6.07 Å². The summed E-state index contributed by atoms with van der Waals surface area (Å²) in [7, 11) is 2.09. The molecule has 0 radical (unpaired) electrons. The summed E-state index contributed by atoms with van der Waals surface area (Å²) >= 11 is 0. The van der Waals surface area contributed by atoms with Crippen molar-refractivity contribution in [1.29, 1.82) is 0 Å². The number of aromatic nitrogens is 3. The summed E-state index contributed by atoms with van der Waals surface area (Å²) in [6, 6.07) is 19.2. The van der Waals surface area contributed by atoms with Gasteiger partial charge in [0.25, 0.3) is 0 Å². The highest BCUT2D eigenvalue weighted by molar-refractivity contribution is 5.72. The Labute approximate surface area is 177 Å². The molecule has 0 saturated heterocycles. The highest BCUT2D eigenvalue weighted by atomic mass is 16.1. The summed E-state index contributed by atoms with van der Waals surface area (Å²) < 4.78 is 2.15. The van der Waals surface area contributed by atoms with Crippen LogP contribution in [0.5, 0.6) is 0 Å². The van der Waals surface area contributed by atoms with E-state index in [2.05, 4.69) is 85.5 Å². The molecule has 1 aliphatic rings. The number of carbonyl (C=O) groups excluding carboxylic acids is 1. The van der Waals surface area contributed by atoms with Gasteiger partial charge in [-0.1, -0.05) is 30.3 Å². The van der Waals surface area contributed by atoms with Gasteiger partial charge in [-0.05, 0) is 29.8 Å². The van der Waals surface area contributed by atoms with E-state index in [4.69, 9.17) is 0 Å². The second-order valence-corrected chi connectivity index (χ2v) is 7.68. The van der Waals surface area contributed by atoms with Gasteiger partial charge < -0.3 is 14.8 Å².